The van der Waals surface area contributed by atoms with Crippen molar-refractivity contribution < 1.29 is 1.37 Å². The van der Waals surface area contributed by atoms with Gasteiger partial charge in [0.15, 0.2) is 0 Å². The first-order valence-electron chi connectivity index (χ1n) is 10.3. The van der Waals surface area contributed by atoms with Crippen LogP contribution in [0.15, 0.2) is 54.6 Å². The van der Waals surface area contributed by atoms with E-state index >= 15 is 0 Å². The zero-order chi connectivity index (χ0) is 18.1. The Morgan fingerprint density at radius 3 is 2.32 bits per heavy atom. The number of hydrogen-bond acceptors (Lipinski definition) is 2. The van der Waals surface area contributed by atoms with Gasteiger partial charge in [0.25, 0.3) is 0 Å². The zero-order valence-corrected chi connectivity index (χ0v) is 15.4. The molecular weight excluding hydrogens is 304 g/mol. The standard InChI is InChI=1S/C23H30N2/c1-18-11-9-10-16-22(18)24-17-25(21-14-7-4-8-15-21)23(19(24)2)20-12-5-3-6-13-20/h3,5-6,9-13,16,19,21,23H,4,7-8,14-15,17H2,1-2H3/t19-,23?/m0/s1/i17D/t17?,19-,23?. The maximum atomic E-state index is 9.18. The van der Waals surface area contributed by atoms with Gasteiger partial charge in [0.05, 0.1) is 14.1 Å². The molecule has 0 aromatic heterocycles. The molecule has 0 N–H and O–H groups in total. The number of nitrogens with zero attached hydrogens (tertiary/aromatic N) is 2. The van der Waals surface area contributed by atoms with E-state index in [0.29, 0.717) is 6.04 Å². The van der Waals surface area contributed by atoms with Gasteiger partial charge in [0.1, 0.15) is 0 Å². The largest absolute Gasteiger partial charge is 0.354 e. The first-order chi connectivity index (χ1) is 12.7. The fourth-order valence-electron chi connectivity index (χ4n) is 4.66. The smallest absolute Gasteiger partial charge is 0.0719 e. The van der Waals surface area contributed by atoms with Crippen molar-refractivity contribution in [1.82, 2.24) is 4.90 Å². The van der Waals surface area contributed by atoms with Crippen LogP contribution >= 0.6 is 0 Å². The molecule has 25 heavy (non-hydrogen) atoms. The SMILES string of the molecule is [2H]C1N(C2CCCCC2)C(c2ccccc2)[C@H](C)N1c1ccccc1C. The van der Waals surface area contributed by atoms with E-state index in [1.807, 2.05) is 0 Å². The van der Waals surface area contributed by atoms with Crippen LogP contribution in [0.2, 0.25) is 0 Å². The summed E-state index contributed by atoms with van der Waals surface area (Å²) in [5.74, 6) is 0. The lowest BCUT2D eigenvalue weighted by atomic mass is 9.91. The Kier molecular flexibility index (Phi) is 4.46. The molecule has 2 aromatic carbocycles. The third kappa shape index (κ3) is 3.20. The summed E-state index contributed by atoms with van der Waals surface area (Å²) in [6.45, 7) is 4.14. The molecule has 1 aliphatic heterocycles. The molecule has 2 unspecified atom stereocenters. The van der Waals surface area contributed by atoms with E-state index in [2.05, 4.69) is 78.2 Å². The number of rotatable bonds is 3. The van der Waals surface area contributed by atoms with Gasteiger partial charge in [0, 0.05) is 17.8 Å². The molecule has 1 saturated heterocycles. The third-order valence-electron chi connectivity index (χ3n) is 6.01. The molecule has 0 spiro atoms. The van der Waals surface area contributed by atoms with Crippen LogP contribution in [-0.2, 0) is 0 Å². The summed E-state index contributed by atoms with van der Waals surface area (Å²) in [6, 6.07) is 20.5. The molecule has 3 atom stereocenters. The summed E-state index contributed by atoms with van der Waals surface area (Å²) in [6.07, 6.45) is 6.41. The van der Waals surface area contributed by atoms with Crippen molar-refractivity contribution in [2.45, 2.75) is 64.1 Å². The van der Waals surface area contributed by atoms with Gasteiger partial charge in [-0.1, -0.05) is 67.8 Å². The predicted octanol–water partition coefficient (Wildman–Crippen LogP) is 5.54. The van der Waals surface area contributed by atoms with Crippen molar-refractivity contribution in [3.63, 3.8) is 0 Å². The maximum Gasteiger partial charge on any atom is 0.0719 e. The lowest BCUT2D eigenvalue weighted by Crippen LogP contribution is -2.38. The van der Waals surface area contributed by atoms with Gasteiger partial charge in [-0.2, -0.15) is 0 Å². The number of hydrogen-bond donors (Lipinski definition) is 0. The normalized spacial score (nSPS) is 29.0. The summed E-state index contributed by atoms with van der Waals surface area (Å²) in [5, 5.41) is 0. The molecule has 2 aliphatic rings. The van der Waals surface area contributed by atoms with Crippen LogP contribution in [0, 0.1) is 6.92 Å². The first kappa shape index (κ1) is 15.5. The van der Waals surface area contributed by atoms with Crippen LogP contribution in [0.3, 0.4) is 0 Å². The topological polar surface area (TPSA) is 6.48 Å². The monoisotopic (exact) mass is 335 g/mol. The van der Waals surface area contributed by atoms with Crippen LogP contribution in [0.1, 0.15) is 57.6 Å². The average Bonchev–Trinajstić information content (AvgIpc) is 2.94. The number of para-hydroxylation sites is 1. The molecule has 0 radical (unpaired) electrons. The second-order valence-electron chi connectivity index (χ2n) is 7.64. The summed E-state index contributed by atoms with van der Waals surface area (Å²) >= 11 is 0. The summed E-state index contributed by atoms with van der Waals surface area (Å²) < 4.78 is 9.18. The Balaban J connectivity index is 1.75. The molecule has 2 fully saturated rings. The van der Waals surface area contributed by atoms with Gasteiger partial charge < -0.3 is 4.90 Å². The predicted molar refractivity (Wildman–Crippen MR) is 106 cm³/mol. The molecule has 0 amide bonds. The van der Waals surface area contributed by atoms with Crippen LogP contribution in [-0.4, -0.2) is 23.6 Å². The fraction of sp³-hybridized carbons (Fsp3) is 0.478. The minimum atomic E-state index is -0.320. The van der Waals surface area contributed by atoms with E-state index in [0.717, 1.165) is 0 Å². The van der Waals surface area contributed by atoms with Crippen molar-refractivity contribution in [2.24, 2.45) is 0 Å². The molecule has 0 bridgehead atoms. The molecule has 1 saturated carbocycles. The summed E-state index contributed by atoms with van der Waals surface area (Å²) in [5.41, 5.74) is 3.81. The number of anilines is 1. The quantitative estimate of drug-likeness (QED) is 0.727. The van der Waals surface area contributed by atoms with E-state index in [4.69, 9.17) is 0 Å². The van der Waals surface area contributed by atoms with E-state index in [9.17, 15) is 1.37 Å². The van der Waals surface area contributed by atoms with Crippen molar-refractivity contribution in [2.75, 3.05) is 11.5 Å². The number of benzene rings is 2. The Hall–Kier alpha value is -1.80. The van der Waals surface area contributed by atoms with Gasteiger partial charge in [-0.25, -0.2) is 0 Å². The Bertz CT molecular complexity index is 726. The molecule has 1 heterocycles. The van der Waals surface area contributed by atoms with Crippen molar-refractivity contribution in [3.8, 4) is 0 Å². The first-order valence-corrected chi connectivity index (χ1v) is 9.77. The summed E-state index contributed by atoms with van der Waals surface area (Å²) in [7, 11) is 0. The van der Waals surface area contributed by atoms with Crippen LogP contribution in [0.25, 0.3) is 0 Å². The fourth-order valence-corrected chi connectivity index (χ4v) is 4.66. The van der Waals surface area contributed by atoms with Gasteiger partial charge >= 0.3 is 0 Å². The second kappa shape index (κ2) is 7.21. The highest BCUT2D eigenvalue weighted by Crippen LogP contribution is 2.41. The van der Waals surface area contributed by atoms with Crippen LogP contribution in [0.4, 0.5) is 5.69 Å². The highest BCUT2D eigenvalue weighted by Gasteiger charge is 2.41. The minimum absolute atomic E-state index is 0.279. The van der Waals surface area contributed by atoms with Crippen LogP contribution < -0.4 is 4.90 Å². The molecule has 132 valence electrons. The van der Waals surface area contributed by atoms with Gasteiger partial charge in [-0.15, -0.1) is 0 Å². The van der Waals surface area contributed by atoms with Crippen molar-refractivity contribution in [3.05, 3.63) is 65.7 Å². The lowest BCUT2D eigenvalue weighted by molar-refractivity contribution is 0.139. The van der Waals surface area contributed by atoms with Gasteiger partial charge in [-0.3, -0.25) is 4.90 Å². The third-order valence-corrected chi connectivity index (χ3v) is 6.01. The molecule has 2 heteroatoms. The molecule has 2 aromatic rings. The van der Waals surface area contributed by atoms with Crippen molar-refractivity contribution >= 4 is 5.69 Å². The second-order valence-corrected chi connectivity index (χ2v) is 7.64. The molecule has 4 rings (SSSR count). The van der Waals surface area contributed by atoms with Gasteiger partial charge in [0.2, 0.25) is 0 Å². The molecular formula is C23H30N2. The lowest BCUT2D eigenvalue weighted by Gasteiger charge is -2.35. The van der Waals surface area contributed by atoms with Gasteiger partial charge in [-0.05, 0) is 43.9 Å². The van der Waals surface area contributed by atoms with E-state index < -0.39 is 0 Å². The van der Waals surface area contributed by atoms with Crippen LogP contribution in [0.5, 0.6) is 0 Å². The zero-order valence-electron chi connectivity index (χ0n) is 16.4. The average molecular weight is 336 g/mol. The molecule has 2 nitrogen and oxygen atoms in total. The van der Waals surface area contributed by atoms with E-state index in [-0.39, 0.29) is 18.7 Å². The summed E-state index contributed by atoms with van der Waals surface area (Å²) in [4.78, 5) is 4.84. The Morgan fingerprint density at radius 2 is 1.60 bits per heavy atom. The highest BCUT2D eigenvalue weighted by atomic mass is 15.4. The van der Waals surface area contributed by atoms with E-state index in [1.54, 1.807) is 0 Å². The Labute approximate surface area is 153 Å². The maximum absolute atomic E-state index is 9.18. The highest BCUT2D eigenvalue weighted by molar-refractivity contribution is 5.55. The van der Waals surface area contributed by atoms with Crippen molar-refractivity contribution in [1.29, 1.82) is 0 Å². The molecule has 1 aliphatic carbocycles. The number of aryl methyl sites for hydroxylation is 1. The van der Waals surface area contributed by atoms with E-state index in [1.165, 1.54) is 48.9 Å². The minimum Gasteiger partial charge on any atom is -0.354 e. The Morgan fingerprint density at radius 1 is 0.920 bits per heavy atom.